The summed E-state index contributed by atoms with van der Waals surface area (Å²) in [7, 11) is 0. The monoisotopic (exact) mass is 460 g/mol. The molecule has 2 aliphatic rings. The number of nitrogens with zero attached hydrogens (tertiary/aromatic N) is 3. The molecule has 2 aromatic heterocycles. The zero-order valence-electron chi connectivity index (χ0n) is 17.0. The molecule has 0 bridgehead atoms. The SMILES string of the molecule is O=C(NC1CCCc2nn(-c3ccnc(C4CC4)c3)cc21)c1cc(Cl)cc(C(F)(F)F)c1. The van der Waals surface area contributed by atoms with Gasteiger partial charge in [0.2, 0.25) is 0 Å². The van der Waals surface area contributed by atoms with Crippen molar-refractivity contribution in [2.75, 3.05) is 0 Å². The van der Waals surface area contributed by atoms with E-state index in [2.05, 4.69) is 10.3 Å². The van der Waals surface area contributed by atoms with E-state index in [0.717, 1.165) is 60.5 Å². The third kappa shape index (κ3) is 4.24. The summed E-state index contributed by atoms with van der Waals surface area (Å²) in [5, 5.41) is 7.44. The molecule has 5 rings (SSSR count). The second-order valence-electron chi connectivity index (χ2n) is 8.33. The van der Waals surface area contributed by atoms with Crippen LogP contribution in [-0.4, -0.2) is 20.7 Å². The van der Waals surface area contributed by atoms with Crippen molar-refractivity contribution in [3.8, 4) is 5.69 Å². The fourth-order valence-electron chi connectivity index (χ4n) is 4.13. The first-order valence-electron chi connectivity index (χ1n) is 10.5. The number of rotatable bonds is 4. The van der Waals surface area contributed by atoms with Gasteiger partial charge in [0, 0.05) is 40.2 Å². The highest BCUT2D eigenvalue weighted by atomic mass is 35.5. The Morgan fingerprint density at radius 3 is 2.72 bits per heavy atom. The van der Waals surface area contributed by atoms with Gasteiger partial charge in [0.1, 0.15) is 0 Å². The molecule has 2 heterocycles. The van der Waals surface area contributed by atoms with Gasteiger partial charge in [0.05, 0.1) is 23.0 Å². The molecule has 9 heteroatoms. The zero-order chi connectivity index (χ0) is 22.5. The molecule has 2 aliphatic carbocycles. The molecule has 0 spiro atoms. The number of alkyl halides is 3. The Kier molecular flexibility index (Phi) is 5.20. The third-order valence-electron chi connectivity index (χ3n) is 5.92. The van der Waals surface area contributed by atoms with Crippen molar-refractivity contribution >= 4 is 17.5 Å². The van der Waals surface area contributed by atoms with E-state index in [0.29, 0.717) is 12.3 Å². The minimum atomic E-state index is -4.58. The lowest BCUT2D eigenvalue weighted by Crippen LogP contribution is -2.30. The fourth-order valence-corrected chi connectivity index (χ4v) is 4.36. The van der Waals surface area contributed by atoms with E-state index >= 15 is 0 Å². The van der Waals surface area contributed by atoms with Gasteiger partial charge in [-0.15, -0.1) is 0 Å². The van der Waals surface area contributed by atoms with E-state index in [4.69, 9.17) is 16.7 Å². The van der Waals surface area contributed by atoms with Crippen LogP contribution in [0.5, 0.6) is 0 Å². The van der Waals surface area contributed by atoms with Crippen LogP contribution in [0.1, 0.15) is 70.5 Å². The van der Waals surface area contributed by atoms with E-state index in [1.54, 1.807) is 10.9 Å². The lowest BCUT2D eigenvalue weighted by molar-refractivity contribution is -0.137. The van der Waals surface area contributed by atoms with E-state index in [9.17, 15) is 18.0 Å². The highest BCUT2D eigenvalue weighted by Gasteiger charge is 2.32. The Morgan fingerprint density at radius 2 is 1.97 bits per heavy atom. The molecule has 1 saturated carbocycles. The van der Waals surface area contributed by atoms with Crippen LogP contribution in [0.4, 0.5) is 13.2 Å². The largest absolute Gasteiger partial charge is 0.416 e. The van der Waals surface area contributed by atoms with Crippen molar-refractivity contribution in [3.63, 3.8) is 0 Å². The van der Waals surface area contributed by atoms with E-state index < -0.39 is 17.6 Å². The number of carbonyl (C=O) groups is 1. The number of aromatic nitrogens is 3. The number of fused-ring (bicyclic) bond motifs is 1. The number of nitrogens with one attached hydrogen (secondary N) is 1. The van der Waals surface area contributed by atoms with Crippen molar-refractivity contribution in [1.29, 1.82) is 0 Å². The van der Waals surface area contributed by atoms with Gasteiger partial charge >= 0.3 is 6.18 Å². The molecule has 1 N–H and O–H groups in total. The van der Waals surface area contributed by atoms with Crippen LogP contribution in [0.2, 0.25) is 5.02 Å². The Hall–Kier alpha value is -2.87. The van der Waals surface area contributed by atoms with Crippen LogP contribution in [0.15, 0.2) is 42.7 Å². The summed E-state index contributed by atoms with van der Waals surface area (Å²) in [6.45, 7) is 0. The molecule has 3 aromatic rings. The molecule has 32 heavy (non-hydrogen) atoms. The smallest absolute Gasteiger partial charge is 0.345 e. The molecule has 0 radical (unpaired) electrons. The van der Waals surface area contributed by atoms with Crippen molar-refractivity contribution < 1.29 is 18.0 Å². The summed E-state index contributed by atoms with van der Waals surface area (Å²) in [6.07, 6.45) is 3.68. The molecule has 5 nitrogen and oxygen atoms in total. The third-order valence-corrected chi connectivity index (χ3v) is 6.14. The minimum absolute atomic E-state index is 0.118. The van der Waals surface area contributed by atoms with Crippen LogP contribution >= 0.6 is 11.6 Å². The second kappa shape index (κ2) is 7.92. The number of hydrogen-bond donors (Lipinski definition) is 1. The second-order valence-corrected chi connectivity index (χ2v) is 8.77. The Balaban J connectivity index is 1.40. The predicted octanol–water partition coefficient (Wildman–Crippen LogP) is 5.62. The van der Waals surface area contributed by atoms with Gasteiger partial charge in [-0.05, 0) is 62.4 Å². The maximum absolute atomic E-state index is 13.1. The van der Waals surface area contributed by atoms with Crippen LogP contribution < -0.4 is 5.32 Å². The van der Waals surface area contributed by atoms with Gasteiger partial charge in [0.25, 0.3) is 5.91 Å². The molecule has 1 aromatic carbocycles. The van der Waals surface area contributed by atoms with Crippen molar-refractivity contribution in [2.24, 2.45) is 0 Å². The summed E-state index contributed by atoms with van der Waals surface area (Å²) in [5.74, 6) is -0.0741. The van der Waals surface area contributed by atoms with Crippen LogP contribution in [0.3, 0.4) is 0 Å². The van der Waals surface area contributed by atoms with Gasteiger partial charge in [-0.25, -0.2) is 4.68 Å². The summed E-state index contributed by atoms with van der Waals surface area (Å²) < 4.78 is 41.1. The number of carbonyl (C=O) groups excluding carboxylic acids is 1. The molecule has 1 amide bonds. The van der Waals surface area contributed by atoms with Crippen LogP contribution in [0.25, 0.3) is 5.69 Å². The molecule has 1 fully saturated rings. The number of pyridine rings is 1. The molecule has 0 saturated heterocycles. The number of hydrogen-bond acceptors (Lipinski definition) is 3. The first-order chi connectivity index (χ1) is 15.3. The van der Waals surface area contributed by atoms with Crippen molar-refractivity contribution in [2.45, 2.75) is 50.2 Å². The topological polar surface area (TPSA) is 59.8 Å². The highest BCUT2D eigenvalue weighted by molar-refractivity contribution is 6.31. The van der Waals surface area contributed by atoms with Crippen molar-refractivity contribution in [1.82, 2.24) is 20.1 Å². The van der Waals surface area contributed by atoms with E-state index in [1.165, 1.54) is 6.07 Å². The van der Waals surface area contributed by atoms with Gasteiger partial charge < -0.3 is 5.32 Å². The van der Waals surface area contributed by atoms with Gasteiger partial charge in [-0.2, -0.15) is 18.3 Å². The molecular formula is C23H20ClF3N4O. The Bertz CT molecular complexity index is 1190. The standard InChI is InChI=1S/C23H20ClF3N4O/c24-16-9-14(8-15(10-16)23(25,26)27)22(32)29-19-2-1-3-20-18(19)12-31(30-20)17-6-7-28-21(11-17)13-4-5-13/h6-13,19H,1-5H2,(H,29,32). The summed E-state index contributed by atoms with van der Waals surface area (Å²) in [6, 6.07) is 6.47. The molecule has 166 valence electrons. The predicted molar refractivity (Wildman–Crippen MR) is 113 cm³/mol. The van der Waals surface area contributed by atoms with Crippen LogP contribution in [0, 0.1) is 0 Å². The minimum Gasteiger partial charge on any atom is -0.345 e. The lowest BCUT2D eigenvalue weighted by atomic mass is 9.93. The number of amides is 1. The Morgan fingerprint density at radius 1 is 1.16 bits per heavy atom. The van der Waals surface area contributed by atoms with Gasteiger partial charge in [-0.1, -0.05) is 11.6 Å². The average Bonchev–Trinajstić information content (AvgIpc) is 3.51. The maximum Gasteiger partial charge on any atom is 0.416 e. The van der Waals surface area contributed by atoms with E-state index in [-0.39, 0.29) is 16.6 Å². The molecular weight excluding hydrogens is 441 g/mol. The average molecular weight is 461 g/mol. The summed E-state index contributed by atoms with van der Waals surface area (Å²) in [4.78, 5) is 17.2. The summed E-state index contributed by atoms with van der Waals surface area (Å²) >= 11 is 5.84. The summed E-state index contributed by atoms with van der Waals surface area (Å²) in [5.41, 5.74) is 2.66. The normalized spacial score (nSPS) is 18.3. The van der Waals surface area contributed by atoms with Crippen molar-refractivity contribution in [3.05, 3.63) is 75.8 Å². The number of benzene rings is 1. The quantitative estimate of drug-likeness (QED) is 0.549. The maximum atomic E-state index is 13.1. The first-order valence-corrected chi connectivity index (χ1v) is 10.9. The van der Waals surface area contributed by atoms with Gasteiger partial charge in [0.15, 0.2) is 0 Å². The molecule has 1 unspecified atom stereocenters. The fraction of sp³-hybridized carbons (Fsp3) is 0.348. The number of aryl methyl sites for hydroxylation is 1. The highest BCUT2D eigenvalue weighted by Crippen LogP contribution is 2.39. The Labute approximate surface area is 187 Å². The van der Waals surface area contributed by atoms with Gasteiger partial charge in [-0.3, -0.25) is 9.78 Å². The first kappa shape index (κ1) is 21.0. The van der Waals surface area contributed by atoms with E-state index in [1.807, 2.05) is 18.3 Å². The zero-order valence-corrected chi connectivity index (χ0v) is 17.7. The molecule has 0 aliphatic heterocycles. The molecule has 1 atom stereocenters. The number of halogens is 4. The van der Waals surface area contributed by atoms with Crippen LogP contribution in [-0.2, 0) is 12.6 Å². The lowest BCUT2D eigenvalue weighted by Gasteiger charge is -2.23.